The standard InChI is InChI=1S/C22H28N4O3/c1-15-23-22(29-25-15)18-12-13-26(14-19(18)24-21(28)17-10-11-17)20(27)9-5-8-16-6-3-2-4-7-16/h2-4,6-7,17-19H,5,8-14H2,1H3,(H,24,28)/t18-,19+/m0/s1. The van der Waals surface area contributed by atoms with Crippen LogP contribution in [0, 0.1) is 12.8 Å². The first kappa shape index (κ1) is 19.6. The molecule has 0 radical (unpaired) electrons. The van der Waals surface area contributed by atoms with Gasteiger partial charge in [0.1, 0.15) is 0 Å². The van der Waals surface area contributed by atoms with E-state index in [9.17, 15) is 9.59 Å². The van der Waals surface area contributed by atoms with Crippen LogP contribution in [0.2, 0.25) is 0 Å². The minimum atomic E-state index is -0.185. The maximum absolute atomic E-state index is 12.8. The molecule has 1 N–H and O–H groups in total. The number of nitrogens with zero attached hydrogens (tertiary/aromatic N) is 3. The fourth-order valence-electron chi connectivity index (χ4n) is 3.98. The highest BCUT2D eigenvalue weighted by Gasteiger charge is 2.39. The molecule has 1 aromatic heterocycles. The summed E-state index contributed by atoms with van der Waals surface area (Å²) in [6.45, 7) is 2.93. The van der Waals surface area contributed by atoms with Gasteiger partial charge in [-0.1, -0.05) is 35.5 Å². The molecule has 1 aromatic carbocycles. The highest BCUT2D eigenvalue weighted by atomic mass is 16.5. The lowest BCUT2D eigenvalue weighted by atomic mass is 9.90. The fourth-order valence-corrected chi connectivity index (χ4v) is 3.98. The van der Waals surface area contributed by atoms with Crippen molar-refractivity contribution in [2.75, 3.05) is 13.1 Å². The molecule has 1 aliphatic heterocycles. The van der Waals surface area contributed by atoms with E-state index in [1.807, 2.05) is 23.1 Å². The fraction of sp³-hybridized carbons (Fsp3) is 0.545. The van der Waals surface area contributed by atoms with Crippen LogP contribution in [-0.4, -0.2) is 46.0 Å². The predicted octanol–water partition coefficient (Wildman–Crippen LogP) is 2.61. The van der Waals surface area contributed by atoms with Crippen molar-refractivity contribution in [1.29, 1.82) is 0 Å². The van der Waals surface area contributed by atoms with E-state index in [4.69, 9.17) is 4.52 Å². The van der Waals surface area contributed by atoms with Gasteiger partial charge in [0, 0.05) is 25.4 Å². The molecule has 7 nitrogen and oxygen atoms in total. The molecule has 0 bridgehead atoms. The molecule has 154 valence electrons. The monoisotopic (exact) mass is 396 g/mol. The van der Waals surface area contributed by atoms with Crippen molar-refractivity contribution in [3.8, 4) is 0 Å². The minimum Gasteiger partial charge on any atom is -0.351 e. The Morgan fingerprint density at radius 3 is 2.69 bits per heavy atom. The number of carbonyl (C=O) groups excluding carboxylic acids is 2. The second-order valence-electron chi connectivity index (χ2n) is 8.14. The van der Waals surface area contributed by atoms with E-state index in [1.165, 1.54) is 5.56 Å². The van der Waals surface area contributed by atoms with E-state index < -0.39 is 0 Å². The van der Waals surface area contributed by atoms with Gasteiger partial charge in [-0.25, -0.2) is 0 Å². The Morgan fingerprint density at radius 1 is 1.21 bits per heavy atom. The van der Waals surface area contributed by atoms with Gasteiger partial charge in [-0.05, 0) is 44.6 Å². The number of hydrogen-bond donors (Lipinski definition) is 1. The smallest absolute Gasteiger partial charge is 0.231 e. The molecule has 2 amide bonds. The average Bonchev–Trinajstić information content (AvgIpc) is 3.50. The Labute approximate surface area is 170 Å². The van der Waals surface area contributed by atoms with Crippen LogP contribution in [0.3, 0.4) is 0 Å². The molecule has 1 saturated heterocycles. The molecule has 2 aliphatic rings. The van der Waals surface area contributed by atoms with E-state index in [2.05, 4.69) is 27.6 Å². The minimum absolute atomic E-state index is 0.0488. The van der Waals surface area contributed by atoms with Crippen molar-refractivity contribution in [2.24, 2.45) is 5.92 Å². The number of aromatic nitrogens is 2. The van der Waals surface area contributed by atoms with Crippen LogP contribution < -0.4 is 5.32 Å². The van der Waals surface area contributed by atoms with Crippen molar-refractivity contribution in [1.82, 2.24) is 20.4 Å². The van der Waals surface area contributed by atoms with Crippen molar-refractivity contribution in [3.63, 3.8) is 0 Å². The summed E-state index contributed by atoms with van der Waals surface area (Å²) in [6, 6.07) is 10.0. The number of nitrogens with one attached hydrogen (secondary N) is 1. The predicted molar refractivity (Wildman–Crippen MR) is 107 cm³/mol. The summed E-state index contributed by atoms with van der Waals surface area (Å²) in [5.41, 5.74) is 1.25. The number of hydrogen-bond acceptors (Lipinski definition) is 5. The molecule has 7 heteroatoms. The number of piperidine rings is 1. The SMILES string of the molecule is Cc1noc([C@H]2CCN(C(=O)CCCc3ccccc3)C[C@H]2NC(=O)C2CC2)n1. The highest BCUT2D eigenvalue weighted by molar-refractivity contribution is 5.81. The molecule has 0 spiro atoms. The molecular weight excluding hydrogens is 368 g/mol. The summed E-state index contributed by atoms with van der Waals surface area (Å²) >= 11 is 0. The van der Waals surface area contributed by atoms with Crippen molar-refractivity contribution < 1.29 is 14.1 Å². The van der Waals surface area contributed by atoms with E-state index in [1.54, 1.807) is 6.92 Å². The van der Waals surface area contributed by atoms with Gasteiger partial charge >= 0.3 is 0 Å². The van der Waals surface area contributed by atoms with Gasteiger partial charge in [-0.2, -0.15) is 4.98 Å². The van der Waals surface area contributed by atoms with Crippen LogP contribution in [0.4, 0.5) is 0 Å². The van der Waals surface area contributed by atoms with Crippen LogP contribution in [0.1, 0.15) is 55.3 Å². The first-order valence-electron chi connectivity index (χ1n) is 10.5. The van der Waals surface area contributed by atoms with E-state index in [0.29, 0.717) is 37.6 Å². The van der Waals surface area contributed by atoms with Crippen molar-refractivity contribution in [3.05, 3.63) is 47.6 Å². The molecule has 2 fully saturated rings. The lowest BCUT2D eigenvalue weighted by Crippen LogP contribution is -2.53. The van der Waals surface area contributed by atoms with Gasteiger partial charge in [0.2, 0.25) is 17.7 Å². The Morgan fingerprint density at radius 2 is 2.00 bits per heavy atom. The largest absolute Gasteiger partial charge is 0.351 e. The van der Waals surface area contributed by atoms with Gasteiger partial charge in [-0.3, -0.25) is 9.59 Å². The van der Waals surface area contributed by atoms with E-state index in [0.717, 1.165) is 25.7 Å². The number of rotatable bonds is 7. The third-order valence-corrected chi connectivity index (χ3v) is 5.80. The quantitative estimate of drug-likeness (QED) is 0.777. The van der Waals surface area contributed by atoms with Crippen molar-refractivity contribution in [2.45, 2.75) is 57.4 Å². The molecule has 2 aromatic rings. The van der Waals surface area contributed by atoms with Gasteiger partial charge in [-0.15, -0.1) is 0 Å². The second-order valence-corrected chi connectivity index (χ2v) is 8.14. The van der Waals surface area contributed by atoms with Gasteiger partial charge in [0.25, 0.3) is 0 Å². The maximum Gasteiger partial charge on any atom is 0.231 e. The lowest BCUT2D eigenvalue weighted by Gasteiger charge is -2.37. The van der Waals surface area contributed by atoms with Gasteiger partial charge in [0.15, 0.2) is 5.82 Å². The van der Waals surface area contributed by atoms with E-state index in [-0.39, 0.29) is 29.7 Å². The summed E-state index contributed by atoms with van der Waals surface area (Å²) in [5.74, 6) is 1.44. The van der Waals surface area contributed by atoms with Crippen LogP contribution in [-0.2, 0) is 16.0 Å². The molecule has 2 heterocycles. The highest BCUT2D eigenvalue weighted by Crippen LogP contribution is 2.32. The Hall–Kier alpha value is -2.70. The summed E-state index contributed by atoms with van der Waals surface area (Å²) in [7, 11) is 0. The summed E-state index contributed by atoms with van der Waals surface area (Å²) < 4.78 is 5.39. The summed E-state index contributed by atoms with van der Waals surface area (Å²) in [6.07, 6.45) is 4.84. The molecule has 0 unspecified atom stereocenters. The second kappa shape index (κ2) is 8.76. The van der Waals surface area contributed by atoms with Crippen LogP contribution in [0.15, 0.2) is 34.9 Å². The third-order valence-electron chi connectivity index (χ3n) is 5.80. The number of benzene rings is 1. The molecule has 2 atom stereocenters. The number of aryl methyl sites for hydroxylation is 2. The lowest BCUT2D eigenvalue weighted by molar-refractivity contribution is -0.134. The maximum atomic E-state index is 12.8. The zero-order valence-corrected chi connectivity index (χ0v) is 16.8. The summed E-state index contributed by atoms with van der Waals surface area (Å²) in [5, 5.41) is 7.04. The van der Waals surface area contributed by atoms with Crippen molar-refractivity contribution >= 4 is 11.8 Å². The summed E-state index contributed by atoms with van der Waals surface area (Å²) in [4.78, 5) is 31.4. The zero-order valence-electron chi connectivity index (χ0n) is 16.8. The number of carbonyl (C=O) groups is 2. The Kier molecular flexibility index (Phi) is 5.92. The first-order valence-corrected chi connectivity index (χ1v) is 10.5. The van der Waals surface area contributed by atoms with Gasteiger partial charge < -0.3 is 14.7 Å². The topological polar surface area (TPSA) is 88.3 Å². The number of amides is 2. The van der Waals surface area contributed by atoms with Crippen LogP contribution >= 0.6 is 0 Å². The van der Waals surface area contributed by atoms with E-state index >= 15 is 0 Å². The normalized spacial score (nSPS) is 21.8. The third kappa shape index (κ3) is 5.02. The van der Waals surface area contributed by atoms with Crippen LogP contribution in [0.25, 0.3) is 0 Å². The Balaban J connectivity index is 1.36. The average molecular weight is 396 g/mol. The Bertz CT molecular complexity index is 847. The van der Waals surface area contributed by atoms with Gasteiger partial charge in [0.05, 0.1) is 12.0 Å². The molecule has 29 heavy (non-hydrogen) atoms. The van der Waals surface area contributed by atoms with Crippen LogP contribution in [0.5, 0.6) is 0 Å². The first-order chi connectivity index (χ1) is 14.1. The number of likely N-dealkylation sites (tertiary alicyclic amines) is 1. The molecular formula is C22H28N4O3. The zero-order chi connectivity index (χ0) is 20.2. The molecule has 1 saturated carbocycles. The molecule has 1 aliphatic carbocycles. The molecule has 4 rings (SSSR count).